The van der Waals surface area contributed by atoms with E-state index in [1.165, 1.54) is 12.1 Å². The van der Waals surface area contributed by atoms with Gasteiger partial charge in [0.05, 0.1) is 0 Å². The summed E-state index contributed by atoms with van der Waals surface area (Å²) in [4.78, 5) is 3.50. The number of benzene rings is 1. The third-order valence-corrected chi connectivity index (χ3v) is 1.54. The number of oxazole rings is 1. The van der Waals surface area contributed by atoms with Crippen LogP contribution < -0.4 is 4.74 Å². The Kier molecular flexibility index (Phi) is 2.03. The molecule has 0 unspecified atom stereocenters. The fourth-order valence-electron chi connectivity index (χ4n) is 1.02. The van der Waals surface area contributed by atoms with E-state index in [-0.39, 0.29) is 11.1 Å². The highest BCUT2D eigenvalue weighted by molar-refractivity contribution is 5.73. The molecule has 1 heterocycles. The summed E-state index contributed by atoms with van der Waals surface area (Å²) in [6.07, 6.45) is -0.639. The summed E-state index contributed by atoms with van der Waals surface area (Å²) >= 11 is 0. The molecule has 0 N–H and O–H groups in total. The van der Waals surface area contributed by atoms with Gasteiger partial charge in [-0.3, -0.25) is 0 Å². The number of halogens is 3. The Bertz CT molecular complexity index is 455. The first kappa shape index (κ1) is 8.86. The Morgan fingerprint density at radius 1 is 1.36 bits per heavy atom. The van der Waals surface area contributed by atoms with Crippen molar-refractivity contribution in [2.24, 2.45) is 0 Å². The van der Waals surface area contributed by atoms with Gasteiger partial charge >= 0.3 is 12.7 Å². The maximum Gasteiger partial charge on any atom is 0.399 e. The average molecular weight is 203 g/mol. The Morgan fingerprint density at radius 3 is 2.79 bits per heavy atom. The van der Waals surface area contributed by atoms with Gasteiger partial charge in [-0.1, -0.05) is 6.07 Å². The summed E-state index contributed by atoms with van der Waals surface area (Å²) < 4.78 is 44.9. The maximum atomic E-state index is 13.0. The van der Waals surface area contributed by atoms with Gasteiger partial charge in [0, 0.05) is 0 Å². The molecule has 6 heteroatoms. The largest absolute Gasteiger partial charge is 0.406 e. The predicted octanol–water partition coefficient (Wildman–Crippen LogP) is 2.57. The second-order valence-corrected chi connectivity index (χ2v) is 2.45. The number of ether oxygens (including phenoxy) is 1. The number of hydrogen-bond acceptors (Lipinski definition) is 3. The van der Waals surface area contributed by atoms with Crippen molar-refractivity contribution in [2.45, 2.75) is 6.61 Å². The Labute approximate surface area is 76.1 Å². The lowest BCUT2D eigenvalue weighted by molar-refractivity contribution is -0.0665. The molecule has 0 spiro atoms. The zero-order valence-corrected chi connectivity index (χ0v) is 6.71. The van der Waals surface area contributed by atoms with Gasteiger partial charge in [0.15, 0.2) is 11.4 Å². The third kappa shape index (κ3) is 1.50. The van der Waals surface area contributed by atoms with Crippen LogP contribution in [0, 0.1) is 5.82 Å². The molecule has 0 radical (unpaired) electrons. The monoisotopic (exact) mass is 203 g/mol. The van der Waals surface area contributed by atoms with Gasteiger partial charge in [-0.2, -0.15) is 13.8 Å². The second-order valence-electron chi connectivity index (χ2n) is 2.45. The molecule has 0 saturated carbocycles. The number of aromatic nitrogens is 1. The molecule has 0 fully saturated rings. The van der Waals surface area contributed by atoms with Crippen LogP contribution in [0.25, 0.3) is 11.1 Å². The normalized spacial score (nSPS) is 11.1. The van der Waals surface area contributed by atoms with E-state index in [2.05, 4.69) is 14.1 Å². The molecule has 1 aromatic heterocycles. The fourth-order valence-corrected chi connectivity index (χ4v) is 1.02. The molecule has 0 aliphatic heterocycles. The van der Waals surface area contributed by atoms with Crippen LogP contribution >= 0.6 is 0 Å². The minimum atomic E-state index is -3.04. The average Bonchev–Trinajstić information content (AvgIpc) is 2.47. The zero-order valence-electron chi connectivity index (χ0n) is 6.71. The first-order valence-electron chi connectivity index (χ1n) is 3.66. The summed E-state index contributed by atoms with van der Waals surface area (Å²) in [5.41, 5.74) is -0.0520. The lowest BCUT2D eigenvalue weighted by atomic mass is 10.3. The summed E-state index contributed by atoms with van der Waals surface area (Å²) in [6.45, 7) is -3.04. The Morgan fingerprint density at radius 2 is 2.14 bits per heavy atom. The minimum absolute atomic E-state index is 0.139. The van der Waals surface area contributed by atoms with Gasteiger partial charge < -0.3 is 9.15 Å². The van der Waals surface area contributed by atoms with Crippen LogP contribution in [0.3, 0.4) is 0 Å². The highest BCUT2D eigenvalue weighted by Gasteiger charge is 2.13. The number of rotatable bonds is 2. The summed E-state index contributed by atoms with van der Waals surface area (Å²) in [5.74, 6) is -0.667. The first-order valence-corrected chi connectivity index (χ1v) is 3.66. The number of para-hydroxylation sites is 1. The molecule has 0 saturated heterocycles. The van der Waals surface area contributed by atoms with Crippen molar-refractivity contribution in [3.05, 3.63) is 24.0 Å². The fraction of sp³-hybridized carbons (Fsp3) is 0.125. The lowest BCUT2D eigenvalue weighted by Crippen LogP contribution is -2.01. The van der Waals surface area contributed by atoms with Crippen LogP contribution in [-0.2, 0) is 0 Å². The summed E-state index contributed by atoms with van der Waals surface area (Å²) in [5, 5.41) is 0. The van der Waals surface area contributed by atoms with Crippen LogP contribution in [0.2, 0.25) is 0 Å². The Balaban J connectivity index is 2.46. The van der Waals surface area contributed by atoms with E-state index in [4.69, 9.17) is 0 Å². The van der Waals surface area contributed by atoms with Crippen LogP contribution in [0.15, 0.2) is 22.6 Å². The van der Waals surface area contributed by atoms with E-state index in [9.17, 15) is 13.2 Å². The number of nitrogens with zero attached hydrogens (tertiary/aromatic N) is 1. The quantitative estimate of drug-likeness (QED) is 0.752. The summed E-state index contributed by atoms with van der Waals surface area (Å²) in [7, 11) is 0. The highest BCUT2D eigenvalue weighted by Crippen LogP contribution is 2.23. The van der Waals surface area contributed by atoms with Crippen molar-refractivity contribution in [1.29, 1.82) is 0 Å². The predicted molar refractivity (Wildman–Crippen MR) is 40.6 cm³/mol. The molecule has 0 aliphatic rings. The molecule has 74 valence electrons. The van der Waals surface area contributed by atoms with Crippen LogP contribution in [-0.4, -0.2) is 11.6 Å². The molecule has 2 rings (SSSR count). The SMILES string of the molecule is Fc1cccc2nc(OC(F)F)oc12. The molecule has 0 aliphatic carbocycles. The third-order valence-electron chi connectivity index (χ3n) is 1.54. The smallest absolute Gasteiger partial charge is 0.399 e. The highest BCUT2D eigenvalue weighted by atomic mass is 19.3. The second kappa shape index (κ2) is 3.21. The molecule has 0 atom stereocenters. The molecule has 0 amide bonds. The standard InChI is InChI=1S/C8H4F3NO2/c9-4-2-1-3-5-6(4)13-8(12-5)14-7(10)11/h1-3,7H. The molecule has 1 aromatic carbocycles. The van der Waals surface area contributed by atoms with E-state index in [1.807, 2.05) is 0 Å². The van der Waals surface area contributed by atoms with Gasteiger partial charge in [0.1, 0.15) is 5.52 Å². The summed E-state index contributed by atoms with van der Waals surface area (Å²) in [6, 6.07) is 3.96. The molecule has 2 aromatic rings. The number of hydrogen-bond donors (Lipinski definition) is 0. The van der Waals surface area contributed by atoms with Gasteiger partial charge in [-0.25, -0.2) is 4.39 Å². The minimum Gasteiger partial charge on any atom is -0.406 e. The van der Waals surface area contributed by atoms with Crippen molar-refractivity contribution >= 4 is 11.1 Å². The van der Waals surface area contributed by atoms with E-state index < -0.39 is 18.5 Å². The van der Waals surface area contributed by atoms with E-state index >= 15 is 0 Å². The van der Waals surface area contributed by atoms with Crippen LogP contribution in [0.4, 0.5) is 13.2 Å². The zero-order chi connectivity index (χ0) is 10.1. The topological polar surface area (TPSA) is 35.3 Å². The van der Waals surface area contributed by atoms with Crippen molar-refractivity contribution in [1.82, 2.24) is 4.98 Å². The molecular formula is C8H4F3NO2. The molecule has 3 nitrogen and oxygen atoms in total. The van der Waals surface area contributed by atoms with Crippen molar-refractivity contribution in [3.8, 4) is 6.08 Å². The van der Waals surface area contributed by atoms with Crippen molar-refractivity contribution in [2.75, 3.05) is 0 Å². The van der Waals surface area contributed by atoms with Gasteiger partial charge in [0.2, 0.25) is 0 Å². The van der Waals surface area contributed by atoms with Gasteiger partial charge in [-0.05, 0) is 12.1 Å². The van der Waals surface area contributed by atoms with Crippen molar-refractivity contribution in [3.63, 3.8) is 0 Å². The molecule has 0 bridgehead atoms. The first-order chi connectivity index (χ1) is 6.66. The van der Waals surface area contributed by atoms with E-state index in [0.29, 0.717) is 0 Å². The lowest BCUT2D eigenvalue weighted by Gasteiger charge is -1.94. The number of fused-ring (bicyclic) bond motifs is 1. The van der Waals surface area contributed by atoms with Crippen LogP contribution in [0.5, 0.6) is 6.08 Å². The van der Waals surface area contributed by atoms with Gasteiger partial charge in [-0.15, -0.1) is 0 Å². The van der Waals surface area contributed by atoms with E-state index in [1.54, 1.807) is 0 Å². The van der Waals surface area contributed by atoms with Crippen molar-refractivity contribution < 1.29 is 22.3 Å². The molecular weight excluding hydrogens is 199 g/mol. The number of alkyl halides is 2. The molecule has 14 heavy (non-hydrogen) atoms. The Hall–Kier alpha value is -1.72. The van der Waals surface area contributed by atoms with Crippen LogP contribution in [0.1, 0.15) is 0 Å². The van der Waals surface area contributed by atoms with E-state index in [0.717, 1.165) is 6.07 Å². The maximum absolute atomic E-state index is 13.0. The van der Waals surface area contributed by atoms with Gasteiger partial charge in [0.25, 0.3) is 0 Å².